The van der Waals surface area contributed by atoms with E-state index >= 15 is 0 Å². The first-order valence-electron chi connectivity index (χ1n) is 8.33. The molecule has 0 aliphatic heterocycles. The number of anilines is 1. The maximum absolute atomic E-state index is 12.3. The Balaban J connectivity index is 1.93. The third kappa shape index (κ3) is 5.01. The second-order valence-corrected chi connectivity index (χ2v) is 5.70. The van der Waals surface area contributed by atoms with Gasteiger partial charge in [-0.15, -0.1) is 0 Å². The first-order chi connectivity index (χ1) is 11.6. The number of nitrogens with one attached hydrogen (secondary N) is 1. The Morgan fingerprint density at radius 2 is 1.75 bits per heavy atom. The van der Waals surface area contributed by atoms with Gasteiger partial charge in [0.05, 0.1) is 7.11 Å². The minimum atomic E-state index is -0.624. The fraction of sp³-hybridized carbons (Fsp3) is 0.350. The van der Waals surface area contributed by atoms with E-state index in [1.54, 1.807) is 26.2 Å². The first-order valence-corrected chi connectivity index (χ1v) is 8.33. The topological polar surface area (TPSA) is 47.6 Å². The van der Waals surface area contributed by atoms with Crippen LogP contribution in [0.2, 0.25) is 0 Å². The number of ether oxygens (including phenoxy) is 2. The maximum Gasteiger partial charge on any atom is 0.265 e. The molecule has 2 aromatic carbocycles. The predicted octanol–water partition coefficient (Wildman–Crippen LogP) is 4.44. The highest BCUT2D eigenvalue weighted by molar-refractivity contribution is 5.94. The summed E-state index contributed by atoms with van der Waals surface area (Å²) in [6.07, 6.45) is 2.80. The van der Waals surface area contributed by atoms with Crippen molar-refractivity contribution in [3.8, 4) is 11.5 Å². The molecule has 0 fully saturated rings. The summed E-state index contributed by atoms with van der Waals surface area (Å²) >= 11 is 0. The molecule has 0 saturated carbocycles. The van der Waals surface area contributed by atoms with E-state index in [1.807, 2.05) is 24.3 Å². The van der Waals surface area contributed by atoms with Crippen molar-refractivity contribution in [1.29, 1.82) is 0 Å². The molecular formula is C20H25NO3. The smallest absolute Gasteiger partial charge is 0.265 e. The van der Waals surface area contributed by atoms with Crippen molar-refractivity contribution in [2.45, 2.75) is 39.2 Å². The Morgan fingerprint density at radius 1 is 1.08 bits per heavy atom. The van der Waals surface area contributed by atoms with Crippen LogP contribution in [-0.4, -0.2) is 19.1 Å². The number of carbonyl (C=O) groups excluding carboxylic acids is 1. The van der Waals surface area contributed by atoms with Gasteiger partial charge in [-0.05, 0) is 49.6 Å². The van der Waals surface area contributed by atoms with E-state index in [1.165, 1.54) is 18.4 Å². The molecule has 2 rings (SSSR count). The van der Waals surface area contributed by atoms with Crippen LogP contribution in [0.25, 0.3) is 0 Å². The van der Waals surface area contributed by atoms with Gasteiger partial charge in [-0.3, -0.25) is 4.79 Å². The van der Waals surface area contributed by atoms with Crippen molar-refractivity contribution in [3.63, 3.8) is 0 Å². The zero-order valence-corrected chi connectivity index (χ0v) is 14.5. The third-order valence-electron chi connectivity index (χ3n) is 3.78. The number of methoxy groups -OCH3 is 1. The average Bonchev–Trinajstić information content (AvgIpc) is 2.61. The summed E-state index contributed by atoms with van der Waals surface area (Å²) in [6.45, 7) is 3.90. The van der Waals surface area contributed by atoms with Gasteiger partial charge in [0.2, 0.25) is 0 Å². The number of hydrogen-bond donors (Lipinski definition) is 1. The minimum Gasteiger partial charge on any atom is -0.493 e. The number of amides is 1. The van der Waals surface area contributed by atoms with Crippen molar-refractivity contribution >= 4 is 11.6 Å². The van der Waals surface area contributed by atoms with Gasteiger partial charge in [-0.2, -0.15) is 0 Å². The van der Waals surface area contributed by atoms with E-state index in [0.29, 0.717) is 11.5 Å². The Labute approximate surface area is 143 Å². The van der Waals surface area contributed by atoms with E-state index < -0.39 is 6.10 Å². The van der Waals surface area contributed by atoms with Crippen LogP contribution in [0.1, 0.15) is 32.3 Å². The molecule has 2 aromatic rings. The van der Waals surface area contributed by atoms with E-state index in [9.17, 15) is 4.79 Å². The average molecular weight is 327 g/mol. The number of benzene rings is 2. The molecule has 0 aliphatic rings. The molecule has 128 valence electrons. The maximum atomic E-state index is 12.3. The molecule has 0 radical (unpaired) electrons. The van der Waals surface area contributed by atoms with E-state index in [-0.39, 0.29) is 5.91 Å². The summed E-state index contributed by atoms with van der Waals surface area (Å²) in [5.74, 6) is 0.970. The summed E-state index contributed by atoms with van der Waals surface area (Å²) in [5, 5.41) is 2.88. The molecule has 0 aliphatic carbocycles. The number of unbranched alkanes of at least 4 members (excludes halogenated alkanes) is 1. The van der Waals surface area contributed by atoms with E-state index in [4.69, 9.17) is 9.47 Å². The molecule has 0 unspecified atom stereocenters. The van der Waals surface area contributed by atoms with Gasteiger partial charge >= 0.3 is 0 Å². The summed E-state index contributed by atoms with van der Waals surface area (Å²) in [4.78, 5) is 12.3. The fourth-order valence-electron chi connectivity index (χ4n) is 2.34. The highest BCUT2D eigenvalue weighted by Crippen LogP contribution is 2.27. The molecule has 1 atom stereocenters. The monoisotopic (exact) mass is 327 g/mol. The Hall–Kier alpha value is -2.49. The molecule has 4 heteroatoms. The Morgan fingerprint density at radius 3 is 2.38 bits per heavy atom. The summed E-state index contributed by atoms with van der Waals surface area (Å²) < 4.78 is 10.9. The van der Waals surface area contributed by atoms with Gasteiger partial charge in [0.15, 0.2) is 17.6 Å². The molecule has 1 N–H and O–H groups in total. The second-order valence-electron chi connectivity index (χ2n) is 5.70. The van der Waals surface area contributed by atoms with Crippen LogP contribution < -0.4 is 14.8 Å². The lowest BCUT2D eigenvalue weighted by atomic mass is 10.1. The number of para-hydroxylation sites is 2. The molecule has 0 saturated heterocycles. The van der Waals surface area contributed by atoms with Gasteiger partial charge in [0.25, 0.3) is 5.91 Å². The normalized spacial score (nSPS) is 11.6. The largest absolute Gasteiger partial charge is 0.493 e. The summed E-state index contributed by atoms with van der Waals surface area (Å²) in [7, 11) is 1.58. The van der Waals surface area contributed by atoms with Crippen molar-refractivity contribution in [3.05, 3.63) is 54.1 Å². The van der Waals surface area contributed by atoms with Gasteiger partial charge in [-0.1, -0.05) is 37.6 Å². The van der Waals surface area contributed by atoms with Crippen molar-refractivity contribution in [2.75, 3.05) is 12.4 Å². The molecular weight excluding hydrogens is 302 g/mol. The number of carbonyl (C=O) groups is 1. The number of rotatable bonds is 8. The van der Waals surface area contributed by atoms with Crippen LogP contribution in [0.5, 0.6) is 11.5 Å². The Bertz CT molecular complexity index is 652. The van der Waals surface area contributed by atoms with Crippen molar-refractivity contribution in [2.24, 2.45) is 0 Å². The Kier molecular flexibility index (Phi) is 6.67. The van der Waals surface area contributed by atoms with Gasteiger partial charge in [0.1, 0.15) is 0 Å². The molecule has 1 amide bonds. The standard InChI is InChI=1S/C20H25NO3/c1-4-5-8-16-11-13-17(14-12-16)21-20(22)15(2)24-19-10-7-6-9-18(19)23-3/h6-7,9-15H,4-5,8H2,1-3H3,(H,21,22)/t15-/m1/s1. The quantitative estimate of drug-likeness (QED) is 0.779. The third-order valence-corrected chi connectivity index (χ3v) is 3.78. The minimum absolute atomic E-state index is 0.192. The number of hydrogen-bond acceptors (Lipinski definition) is 3. The second kappa shape index (κ2) is 8.96. The van der Waals surface area contributed by atoms with Gasteiger partial charge in [0, 0.05) is 5.69 Å². The van der Waals surface area contributed by atoms with Gasteiger partial charge < -0.3 is 14.8 Å². The molecule has 0 heterocycles. The van der Waals surface area contributed by atoms with Crippen LogP contribution in [0.3, 0.4) is 0 Å². The zero-order valence-electron chi connectivity index (χ0n) is 14.5. The van der Waals surface area contributed by atoms with Crippen molar-refractivity contribution < 1.29 is 14.3 Å². The molecule has 4 nitrogen and oxygen atoms in total. The van der Waals surface area contributed by atoms with Crippen LogP contribution >= 0.6 is 0 Å². The van der Waals surface area contributed by atoms with Crippen LogP contribution in [0.4, 0.5) is 5.69 Å². The summed E-state index contributed by atoms with van der Waals surface area (Å²) in [6, 6.07) is 15.2. The highest BCUT2D eigenvalue weighted by Gasteiger charge is 2.16. The first kappa shape index (κ1) is 17.9. The zero-order chi connectivity index (χ0) is 17.4. The predicted molar refractivity (Wildman–Crippen MR) is 96.8 cm³/mol. The molecule has 0 aromatic heterocycles. The van der Waals surface area contributed by atoms with Crippen LogP contribution in [0.15, 0.2) is 48.5 Å². The molecule has 24 heavy (non-hydrogen) atoms. The van der Waals surface area contributed by atoms with E-state index in [2.05, 4.69) is 24.4 Å². The van der Waals surface area contributed by atoms with Gasteiger partial charge in [-0.25, -0.2) is 0 Å². The van der Waals surface area contributed by atoms with Crippen LogP contribution in [-0.2, 0) is 11.2 Å². The lowest BCUT2D eigenvalue weighted by molar-refractivity contribution is -0.122. The molecule has 0 spiro atoms. The highest BCUT2D eigenvalue weighted by atomic mass is 16.5. The van der Waals surface area contributed by atoms with Crippen LogP contribution in [0, 0.1) is 0 Å². The summed E-state index contributed by atoms with van der Waals surface area (Å²) in [5.41, 5.74) is 2.06. The lowest BCUT2D eigenvalue weighted by Crippen LogP contribution is -2.30. The lowest BCUT2D eigenvalue weighted by Gasteiger charge is -2.16. The van der Waals surface area contributed by atoms with E-state index in [0.717, 1.165) is 12.1 Å². The SMILES string of the molecule is CCCCc1ccc(NC(=O)[C@@H](C)Oc2ccccc2OC)cc1. The van der Waals surface area contributed by atoms with Crippen molar-refractivity contribution in [1.82, 2.24) is 0 Å². The fourth-order valence-corrected chi connectivity index (χ4v) is 2.34. The number of aryl methyl sites for hydroxylation is 1. The molecule has 0 bridgehead atoms.